The molecular weight excluding hydrogens is 148 g/mol. The van der Waals surface area contributed by atoms with E-state index in [9.17, 15) is 0 Å². The quantitative estimate of drug-likeness (QED) is 0.667. The summed E-state index contributed by atoms with van der Waals surface area (Å²) in [5.74, 6) is 0. The topological polar surface area (TPSA) is 28.7 Å². The molecule has 0 unspecified atom stereocenters. The predicted molar refractivity (Wildman–Crippen MR) is 50.0 cm³/mol. The normalized spacial score (nSPS) is 10.3. The lowest BCUT2D eigenvalue weighted by Gasteiger charge is -1.90. The molecule has 2 aromatic rings. The Morgan fingerprint density at radius 2 is 2.50 bits per heavy atom. The van der Waals surface area contributed by atoms with E-state index < -0.39 is 0 Å². The van der Waals surface area contributed by atoms with Crippen molar-refractivity contribution >= 4 is 11.0 Å². The molecule has 0 aliphatic rings. The van der Waals surface area contributed by atoms with Gasteiger partial charge in [0.15, 0.2) is 0 Å². The van der Waals surface area contributed by atoms with Crippen LogP contribution in [-0.4, -0.2) is 9.97 Å². The molecule has 2 nitrogen and oxygen atoms in total. The molecule has 12 heavy (non-hydrogen) atoms. The molecule has 2 aromatic heterocycles. The van der Waals surface area contributed by atoms with E-state index in [0.29, 0.717) is 0 Å². The third-order valence-corrected chi connectivity index (χ3v) is 1.90. The van der Waals surface area contributed by atoms with E-state index in [0.717, 1.165) is 12.1 Å². The number of aromatic nitrogens is 2. The Bertz CT molecular complexity index is 401. The van der Waals surface area contributed by atoms with Crippen LogP contribution in [-0.2, 0) is 6.42 Å². The molecule has 0 aliphatic carbocycles. The van der Waals surface area contributed by atoms with E-state index >= 15 is 0 Å². The highest BCUT2D eigenvalue weighted by atomic mass is 14.8. The van der Waals surface area contributed by atoms with Crippen molar-refractivity contribution in [2.24, 2.45) is 0 Å². The van der Waals surface area contributed by atoms with Crippen molar-refractivity contribution in [1.82, 2.24) is 9.97 Å². The number of hydrogen-bond acceptors (Lipinski definition) is 1. The molecule has 0 amide bonds. The van der Waals surface area contributed by atoms with Crippen LogP contribution in [0.2, 0.25) is 0 Å². The van der Waals surface area contributed by atoms with Gasteiger partial charge in [-0.05, 0) is 24.1 Å². The number of fused-ring (bicyclic) bond motifs is 1. The molecule has 2 heteroatoms. The number of rotatable bonds is 2. The van der Waals surface area contributed by atoms with E-state index in [1.807, 2.05) is 18.3 Å². The average Bonchev–Trinajstić information content (AvgIpc) is 2.50. The van der Waals surface area contributed by atoms with E-state index in [4.69, 9.17) is 0 Å². The summed E-state index contributed by atoms with van der Waals surface area (Å²) in [5.41, 5.74) is 2.21. The largest absolute Gasteiger partial charge is 0.346 e. The smallest absolute Gasteiger partial charge is 0.137 e. The fourth-order valence-corrected chi connectivity index (χ4v) is 1.34. The third-order valence-electron chi connectivity index (χ3n) is 1.90. The molecular formula is C10H10N2. The van der Waals surface area contributed by atoms with E-state index in [1.54, 1.807) is 6.20 Å². The molecule has 0 bridgehead atoms. The van der Waals surface area contributed by atoms with E-state index in [-0.39, 0.29) is 0 Å². The summed E-state index contributed by atoms with van der Waals surface area (Å²) in [6, 6.07) is 4.01. The molecule has 0 saturated carbocycles. The van der Waals surface area contributed by atoms with Gasteiger partial charge in [0.25, 0.3) is 0 Å². The maximum Gasteiger partial charge on any atom is 0.137 e. The molecule has 0 spiro atoms. The highest BCUT2D eigenvalue weighted by Gasteiger charge is 2.00. The lowest BCUT2D eigenvalue weighted by atomic mass is 10.2. The van der Waals surface area contributed by atoms with Gasteiger partial charge in [-0.3, -0.25) is 0 Å². The number of allylic oxidation sites excluding steroid dienone is 1. The molecule has 60 valence electrons. The number of H-pyrrole nitrogens is 1. The van der Waals surface area contributed by atoms with Crippen LogP contribution in [0.25, 0.3) is 11.0 Å². The minimum Gasteiger partial charge on any atom is -0.346 e. The van der Waals surface area contributed by atoms with Crippen molar-refractivity contribution < 1.29 is 0 Å². The van der Waals surface area contributed by atoms with Crippen LogP contribution >= 0.6 is 0 Å². The number of nitrogens with one attached hydrogen (secondary N) is 1. The van der Waals surface area contributed by atoms with Crippen LogP contribution in [0.15, 0.2) is 37.2 Å². The number of hydrogen-bond donors (Lipinski definition) is 1. The minimum absolute atomic E-state index is 0.895. The van der Waals surface area contributed by atoms with Gasteiger partial charge in [0, 0.05) is 17.8 Å². The van der Waals surface area contributed by atoms with Gasteiger partial charge >= 0.3 is 0 Å². The van der Waals surface area contributed by atoms with Gasteiger partial charge in [-0.2, -0.15) is 0 Å². The van der Waals surface area contributed by atoms with Crippen LogP contribution in [0, 0.1) is 0 Å². The van der Waals surface area contributed by atoms with Gasteiger partial charge in [0.2, 0.25) is 0 Å². The first-order valence-electron chi connectivity index (χ1n) is 3.93. The highest BCUT2D eigenvalue weighted by molar-refractivity contribution is 5.79. The lowest BCUT2D eigenvalue weighted by Crippen LogP contribution is -1.77. The summed E-state index contributed by atoms with van der Waals surface area (Å²) in [4.78, 5) is 7.31. The molecule has 0 aromatic carbocycles. The zero-order chi connectivity index (χ0) is 8.39. The molecule has 0 aliphatic heterocycles. The number of pyridine rings is 1. The first-order chi connectivity index (χ1) is 5.92. The Morgan fingerprint density at radius 3 is 3.33 bits per heavy atom. The second-order valence-electron chi connectivity index (χ2n) is 2.71. The van der Waals surface area contributed by atoms with Crippen molar-refractivity contribution in [3.05, 3.63) is 42.7 Å². The maximum absolute atomic E-state index is 4.19. The fraction of sp³-hybridized carbons (Fsp3) is 0.100. The molecule has 0 saturated heterocycles. The molecule has 2 heterocycles. The summed E-state index contributed by atoms with van der Waals surface area (Å²) < 4.78 is 0. The zero-order valence-electron chi connectivity index (χ0n) is 6.75. The monoisotopic (exact) mass is 158 g/mol. The van der Waals surface area contributed by atoms with Gasteiger partial charge in [-0.1, -0.05) is 6.08 Å². The average molecular weight is 158 g/mol. The lowest BCUT2D eigenvalue weighted by molar-refractivity contribution is 1.28. The Kier molecular flexibility index (Phi) is 1.67. The Hall–Kier alpha value is -1.57. The fourth-order valence-electron chi connectivity index (χ4n) is 1.34. The SMILES string of the molecule is C=CCc1c[nH]c2ncccc12. The van der Waals surface area contributed by atoms with Crippen LogP contribution < -0.4 is 0 Å². The van der Waals surface area contributed by atoms with E-state index in [2.05, 4.69) is 22.6 Å². The van der Waals surface area contributed by atoms with Crippen LogP contribution in [0.1, 0.15) is 5.56 Å². The molecule has 0 radical (unpaired) electrons. The second-order valence-corrected chi connectivity index (χ2v) is 2.71. The van der Waals surface area contributed by atoms with Crippen LogP contribution in [0.5, 0.6) is 0 Å². The zero-order valence-corrected chi connectivity index (χ0v) is 6.75. The molecule has 0 atom stereocenters. The van der Waals surface area contributed by atoms with Gasteiger partial charge < -0.3 is 4.98 Å². The molecule has 2 rings (SSSR count). The molecule has 0 fully saturated rings. The summed E-state index contributed by atoms with van der Waals surface area (Å²) in [7, 11) is 0. The Labute approximate surface area is 70.9 Å². The second kappa shape index (κ2) is 2.81. The van der Waals surface area contributed by atoms with Gasteiger partial charge in [-0.15, -0.1) is 6.58 Å². The molecule has 1 N–H and O–H groups in total. The van der Waals surface area contributed by atoms with Crippen LogP contribution in [0.3, 0.4) is 0 Å². The maximum atomic E-state index is 4.19. The Balaban J connectivity index is 2.62. The number of aromatic amines is 1. The first-order valence-corrected chi connectivity index (χ1v) is 3.93. The first kappa shape index (κ1) is 7.10. The summed E-state index contributed by atoms with van der Waals surface area (Å²) >= 11 is 0. The Morgan fingerprint density at radius 1 is 1.58 bits per heavy atom. The predicted octanol–water partition coefficient (Wildman–Crippen LogP) is 2.29. The van der Waals surface area contributed by atoms with Gasteiger partial charge in [-0.25, -0.2) is 4.98 Å². The van der Waals surface area contributed by atoms with Crippen LogP contribution in [0.4, 0.5) is 0 Å². The minimum atomic E-state index is 0.895. The van der Waals surface area contributed by atoms with E-state index in [1.165, 1.54) is 10.9 Å². The standard InChI is InChI=1S/C10H10N2/c1-2-4-8-7-12-10-9(8)5-3-6-11-10/h2-3,5-7H,1,4H2,(H,11,12). The van der Waals surface area contributed by atoms with Gasteiger partial charge in [0.1, 0.15) is 5.65 Å². The van der Waals surface area contributed by atoms with Crippen molar-refractivity contribution in [2.75, 3.05) is 0 Å². The third kappa shape index (κ3) is 1.01. The summed E-state index contributed by atoms with van der Waals surface area (Å²) in [5, 5.41) is 1.19. The van der Waals surface area contributed by atoms with Crippen molar-refractivity contribution in [1.29, 1.82) is 0 Å². The van der Waals surface area contributed by atoms with Gasteiger partial charge in [0.05, 0.1) is 0 Å². The van der Waals surface area contributed by atoms with Crippen molar-refractivity contribution in [3.63, 3.8) is 0 Å². The van der Waals surface area contributed by atoms with Crippen molar-refractivity contribution in [3.8, 4) is 0 Å². The number of nitrogens with zero attached hydrogens (tertiary/aromatic N) is 1. The van der Waals surface area contributed by atoms with Crippen molar-refractivity contribution in [2.45, 2.75) is 6.42 Å². The summed E-state index contributed by atoms with van der Waals surface area (Å²) in [6.45, 7) is 3.71. The summed E-state index contributed by atoms with van der Waals surface area (Å²) in [6.07, 6.45) is 6.57. The highest BCUT2D eigenvalue weighted by Crippen LogP contribution is 2.15.